The summed E-state index contributed by atoms with van der Waals surface area (Å²) >= 11 is 5.66. The second-order valence-electron chi connectivity index (χ2n) is 3.96. The van der Waals surface area contributed by atoms with Crippen LogP contribution in [0.25, 0.3) is 0 Å². The summed E-state index contributed by atoms with van der Waals surface area (Å²) in [6.07, 6.45) is -4.46. The number of hydrogen-bond donors (Lipinski definition) is 1. The molecule has 20 heavy (non-hydrogen) atoms. The van der Waals surface area contributed by atoms with E-state index in [2.05, 4.69) is 5.32 Å². The van der Waals surface area contributed by atoms with Crippen LogP contribution in [0.1, 0.15) is 17.1 Å². The molecule has 1 N–H and O–H groups in total. The monoisotopic (exact) mass is 300 g/mol. The fourth-order valence-electron chi connectivity index (χ4n) is 1.58. The van der Waals surface area contributed by atoms with Crippen molar-refractivity contribution in [3.63, 3.8) is 0 Å². The van der Waals surface area contributed by atoms with Gasteiger partial charge in [0.2, 0.25) is 5.76 Å². The molecule has 0 radical (unpaired) electrons. The molecule has 3 nitrogen and oxygen atoms in total. The van der Waals surface area contributed by atoms with Crippen molar-refractivity contribution >= 4 is 17.3 Å². The fraction of sp³-hybridized carbons (Fsp3) is 0.154. The van der Waals surface area contributed by atoms with Gasteiger partial charge in [0.15, 0.2) is 0 Å². The van der Waals surface area contributed by atoms with Crippen LogP contribution >= 0.6 is 11.6 Å². The Morgan fingerprint density at radius 3 is 2.60 bits per heavy atom. The number of benzene rings is 1. The van der Waals surface area contributed by atoms with Crippen molar-refractivity contribution in [2.24, 2.45) is 0 Å². The van der Waals surface area contributed by atoms with E-state index in [0.717, 1.165) is 12.1 Å². The largest absolute Gasteiger partial charge is 0.449 e. The summed E-state index contributed by atoms with van der Waals surface area (Å²) in [4.78, 5) is 0. The molecule has 0 fully saturated rings. The van der Waals surface area contributed by atoms with Crippen LogP contribution in [0.15, 0.2) is 34.7 Å². The molecule has 104 valence electrons. The number of rotatable bonds is 3. The Bertz CT molecular complexity index is 658. The van der Waals surface area contributed by atoms with Gasteiger partial charge in [-0.25, -0.2) is 0 Å². The molecule has 0 saturated heterocycles. The molecule has 1 aromatic carbocycles. The maximum atomic E-state index is 12.6. The first-order valence-electron chi connectivity index (χ1n) is 5.49. The minimum Gasteiger partial charge on any atom is -0.449 e. The predicted octanol–water partition coefficient (Wildman–Crippen LogP) is 4.44. The normalized spacial score (nSPS) is 11.2. The topological polar surface area (TPSA) is 49.0 Å². The maximum absolute atomic E-state index is 12.6. The van der Waals surface area contributed by atoms with Gasteiger partial charge in [0.1, 0.15) is 11.8 Å². The molecule has 0 spiro atoms. The highest BCUT2D eigenvalue weighted by Gasteiger charge is 2.31. The lowest BCUT2D eigenvalue weighted by atomic mass is 10.2. The van der Waals surface area contributed by atoms with Gasteiger partial charge in [-0.1, -0.05) is 11.6 Å². The molecule has 0 aliphatic carbocycles. The molecule has 0 unspecified atom stereocenters. The van der Waals surface area contributed by atoms with Crippen molar-refractivity contribution in [2.75, 3.05) is 5.32 Å². The molecule has 0 saturated carbocycles. The van der Waals surface area contributed by atoms with E-state index in [1.807, 2.05) is 6.07 Å². The summed E-state index contributed by atoms with van der Waals surface area (Å²) in [5, 5.41) is 11.3. The van der Waals surface area contributed by atoms with Crippen molar-refractivity contribution in [2.45, 2.75) is 12.7 Å². The van der Waals surface area contributed by atoms with Gasteiger partial charge in [0.05, 0.1) is 12.1 Å². The van der Waals surface area contributed by atoms with E-state index in [0.29, 0.717) is 5.76 Å². The molecular weight excluding hydrogens is 293 g/mol. The summed E-state index contributed by atoms with van der Waals surface area (Å²) in [7, 11) is 0. The van der Waals surface area contributed by atoms with E-state index >= 15 is 0 Å². The quantitative estimate of drug-likeness (QED) is 0.912. The second kappa shape index (κ2) is 5.47. The van der Waals surface area contributed by atoms with Crippen molar-refractivity contribution in [1.29, 1.82) is 5.26 Å². The zero-order chi connectivity index (χ0) is 14.8. The van der Waals surface area contributed by atoms with Gasteiger partial charge in [-0.3, -0.25) is 0 Å². The second-order valence-corrected chi connectivity index (χ2v) is 4.39. The average Bonchev–Trinajstić information content (AvgIpc) is 2.82. The van der Waals surface area contributed by atoms with Crippen LogP contribution in [-0.4, -0.2) is 0 Å². The molecule has 0 atom stereocenters. The van der Waals surface area contributed by atoms with Gasteiger partial charge in [-0.05, 0) is 30.3 Å². The third kappa shape index (κ3) is 3.45. The lowest BCUT2D eigenvalue weighted by molar-refractivity contribution is -0.137. The van der Waals surface area contributed by atoms with E-state index in [1.165, 1.54) is 12.1 Å². The summed E-state index contributed by atoms with van der Waals surface area (Å²) in [6, 6.07) is 8.06. The van der Waals surface area contributed by atoms with Crippen LogP contribution in [0.3, 0.4) is 0 Å². The van der Waals surface area contributed by atoms with Crippen LogP contribution in [0.4, 0.5) is 18.9 Å². The van der Waals surface area contributed by atoms with E-state index in [-0.39, 0.29) is 23.0 Å². The smallest absolute Gasteiger partial charge is 0.416 e. The lowest BCUT2D eigenvalue weighted by Gasteiger charge is -2.11. The Morgan fingerprint density at radius 2 is 2.00 bits per heavy atom. The van der Waals surface area contributed by atoms with Crippen LogP contribution in [0, 0.1) is 11.3 Å². The summed E-state index contributed by atoms with van der Waals surface area (Å²) in [6.45, 7) is 0.152. The van der Waals surface area contributed by atoms with Crippen LogP contribution in [0.2, 0.25) is 5.02 Å². The van der Waals surface area contributed by atoms with E-state index in [4.69, 9.17) is 21.3 Å². The third-order valence-electron chi connectivity index (χ3n) is 2.46. The van der Waals surface area contributed by atoms with E-state index in [1.54, 1.807) is 6.07 Å². The standard InChI is InChI=1S/C13H8ClF3N2O/c14-9-3-8(13(15,16)17)4-10(5-9)19-7-12-2-1-11(6-18)20-12/h1-5,19H,7H2. The molecule has 0 bridgehead atoms. The number of nitrogens with one attached hydrogen (secondary N) is 1. The minimum absolute atomic E-state index is 0.0144. The van der Waals surface area contributed by atoms with Crippen molar-refractivity contribution in [3.05, 3.63) is 52.4 Å². The number of hydrogen-bond acceptors (Lipinski definition) is 3. The van der Waals surface area contributed by atoms with Gasteiger partial charge in [-0.2, -0.15) is 18.4 Å². The number of nitrogens with zero attached hydrogens (tertiary/aromatic N) is 1. The van der Waals surface area contributed by atoms with Gasteiger partial charge in [0, 0.05) is 10.7 Å². The molecule has 0 aliphatic rings. The Kier molecular flexibility index (Phi) is 3.91. The Labute approximate surface area is 117 Å². The first kappa shape index (κ1) is 14.3. The van der Waals surface area contributed by atoms with E-state index < -0.39 is 11.7 Å². The molecule has 7 heteroatoms. The zero-order valence-electron chi connectivity index (χ0n) is 9.96. The first-order chi connectivity index (χ1) is 9.38. The van der Waals surface area contributed by atoms with Crippen molar-refractivity contribution in [1.82, 2.24) is 0 Å². The Hall–Kier alpha value is -2.13. The number of alkyl halides is 3. The van der Waals surface area contributed by atoms with Crippen molar-refractivity contribution < 1.29 is 17.6 Å². The Morgan fingerprint density at radius 1 is 1.25 bits per heavy atom. The molecule has 2 rings (SSSR count). The van der Waals surface area contributed by atoms with Crippen LogP contribution in [0.5, 0.6) is 0 Å². The van der Waals surface area contributed by atoms with Gasteiger partial charge >= 0.3 is 6.18 Å². The Balaban J connectivity index is 2.13. The molecule has 2 aromatic rings. The molecular formula is C13H8ClF3N2O. The minimum atomic E-state index is -4.46. The lowest BCUT2D eigenvalue weighted by Crippen LogP contribution is -2.06. The highest BCUT2D eigenvalue weighted by Crippen LogP contribution is 2.33. The average molecular weight is 301 g/mol. The van der Waals surface area contributed by atoms with Gasteiger partial charge in [-0.15, -0.1) is 0 Å². The summed E-state index contributed by atoms with van der Waals surface area (Å²) < 4.78 is 43.0. The van der Waals surface area contributed by atoms with Gasteiger partial charge < -0.3 is 9.73 Å². The number of anilines is 1. The molecule has 1 heterocycles. The summed E-state index contributed by atoms with van der Waals surface area (Å²) in [5.74, 6) is 0.582. The van der Waals surface area contributed by atoms with Crippen LogP contribution < -0.4 is 5.32 Å². The first-order valence-corrected chi connectivity index (χ1v) is 5.87. The third-order valence-corrected chi connectivity index (χ3v) is 2.68. The SMILES string of the molecule is N#Cc1ccc(CNc2cc(Cl)cc(C(F)(F)F)c2)o1. The van der Waals surface area contributed by atoms with Crippen LogP contribution in [-0.2, 0) is 12.7 Å². The number of furan rings is 1. The van der Waals surface area contributed by atoms with E-state index in [9.17, 15) is 13.2 Å². The molecule has 0 aliphatic heterocycles. The molecule has 0 amide bonds. The number of halogens is 4. The van der Waals surface area contributed by atoms with Crippen molar-refractivity contribution in [3.8, 4) is 6.07 Å². The highest BCUT2D eigenvalue weighted by molar-refractivity contribution is 6.30. The molecule has 1 aromatic heterocycles. The number of nitriles is 1. The predicted molar refractivity (Wildman–Crippen MR) is 67.2 cm³/mol. The fourth-order valence-corrected chi connectivity index (χ4v) is 1.81. The zero-order valence-corrected chi connectivity index (χ0v) is 10.7. The summed E-state index contributed by atoms with van der Waals surface area (Å²) in [5.41, 5.74) is -0.607. The van der Waals surface area contributed by atoms with Gasteiger partial charge in [0.25, 0.3) is 0 Å². The maximum Gasteiger partial charge on any atom is 0.416 e. The highest BCUT2D eigenvalue weighted by atomic mass is 35.5.